The van der Waals surface area contributed by atoms with E-state index >= 15 is 0 Å². The van der Waals surface area contributed by atoms with Crippen LogP contribution < -0.4 is 5.73 Å². The maximum absolute atomic E-state index is 5.66. The Kier molecular flexibility index (Phi) is 4.84. The molecule has 1 rings (SSSR count). The van der Waals surface area contributed by atoms with Crippen molar-refractivity contribution < 1.29 is 4.74 Å². The molecule has 0 saturated heterocycles. The van der Waals surface area contributed by atoms with Gasteiger partial charge in [-0.15, -0.1) is 0 Å². The highest BCUT2D eigenvalue weighted by molar-refractivity contribution is 5.81. The Morgan fingerprint density at radius 3 is 2.60 bits per heavy atom. The summed E-state index contributed by atoms with van der Waals surface area (Å²) in [6.45, 7) is 4.95. The first-order chi connectivity index (χ1) is 7.18. The molecule has 0 aliphatic carbocycles. The molecule has 3 heteroatoms. The molecule has 0 amide bonds. The Hall–Kier alpha value is -1.35. The fraction of sp³-hybridized carbons (Fsp3) is 0.417. The van der Waals surface area contributed by atoms with E-state index < -0.39 is 0 Å². The van der Waals surface area contributed by atoms with Crippen molar-refractivity contribution in [2.24, 2.45) is 10.7 Å². The molecule has 82 valence electrons. The molecule has 0 heterocycles. The van der Waals surface area contributed by atoms with Gasteiger partial charge >= 0.3 is 0 Å². The van der Waals surface area contributed by atoms with Crippen molar-refractivity contribution in [3.8, 4) is 0 Å². The van der Waals surface area contributed by atoms with Crippen LogP contribution in [0.5, 0.6) is 0 Å². The molecule has 15 heavy (non-hydrogen) atoms. The van der Waals surface area contributed by atoms with Crippen molar-refractivity contribution in [2.75, 3.05) is 6.61 Å². The Labute approximate surface area is 91.0 Å². The number of amidine groups is 1. The first kappa shape index (κ1) is 11.7. The second-order valence-corrected chi connectivity index (χ2v) is 3.69. The van der Waals surface area contributed by atoms with Crippen molar-refractivity contribution in [1.29, 1.82) is 0 Å². The molecule has 0 radical (unpaired) electrons. The summed E-state index contributed by atoms with van der Waals surface area (Å²) in [5.74, 6) is 0.556. The van der Waals surface area contributed by atoms with Crippen LogP contribution in [-0.2, 0) is 11.3 Å². The maximum atomic E-state index is 5.66. The zero-order valence-corrected chi connectivity index (χ0v) is 9.31. The molecule has 0 aliphatic rings. The van der Waals surface area contributed by atoms with E-state index in [9.17, 15) is 0 Å². The van der Waals surface area contributed by atoms with Gasteiger partial charge in [-0.1, -0.05) is 30.3 Å². The van der Waals surface area contributed by atoms with Gasteiger partial charge in [0.05, 0.1) is 6.61 Å². The minimum absolute atomic E-state index is 0.227. The summed E-state index contributed by atoms with van der Waals surface area (Å²) in [5.41, 5.74) is 6.81. The third kappa shape index (κ3) is 5.18. The van der Waals surface area contributed by atoms with Gasteiger partial charge in [-0.3, -0.25) is 4.99 Å². The van der Waals surface area contributed by atoms with E-state index in [0.29, 0.717) is 19.0 Å². The number of nitrogens with zero attached hydrogens (tertiary/aromatic N) is 1. The molecule has 0 bridgehead atoms. The van der Waals surface area contributed by atoms with Gasteiger partial charge in [-0.2, -0.15) is 0 Å². The van der Waals surface area contributed by atoms with Gasteiger partial charge < -0.3 is 10.5 Å². The first-order valence-corrected chi connectivity index (χ1v) is 5.12. The number of benzene rings is 1. The highest BCUT2D eigenvalue weighted by Gasteiger charge is 1.96. The molecule has 0 unspecified atom stereocenters. The summed E-state index contributed by atoms with van der Waals surface area (Å²) in [6.07, 6.45) is 0. The molecule has 1 aromatic carbocycles. The summed E-state index contributed by atoms with van der Waals surface area (Å²) in [5, 5.41) is 0. The number of nitrogens with two attached hydrogens (primary N) is 1. The Morgan fingerprint density at radius 1 is 1.33 bits per heavy atom. The number of aliphatic imine (C=N–C) groups is 1. The van der Waals surface area contributed by atoms with Crippen LogP contribution >= 0.6 is 0 Å². The molecule has 3 nitrogen and oxygen atoms in total. The van der Waals surface area contributed by atoms with E-state index in [1.807, 2.05) is 44.2 Å². The highest BCUT2D eigenvalue weighted by Crippen LogP contribution is 2.00. The van der Waals surface area contributed by atoms with Crippen molar-refractivity contribution >= 4 is 5.84 Å². The highest BCUT2D eigenvalue weighted by atomic mass is 16.5. The zero-order valence-electron chi connectivity index (χ0n) is 9.31. The smallest absolute Gasteiger partial charge is 0.120 e. The largest absolute Gasteiger partial charge is 0.386 e. The van der Waals surface area contributed by atoms with E-state index in [1.54, 1.807) is 0 Å². The van der Waals surface area contributed by atoms with E-state index in [2.05, 4.69) is 4.99 Å². The summed E-state index contributed by atoms with van der Waals surface area (Å²) < 4.78 is 5.43. The van der Waals surface area contributed by atoms with Gasteiger partial charge in [0.1, 0.15) is 12.4 Å². The second kappa shape index (κ2) is 6.19. The van der Waals surface area contributed by atoms with Gasteiger partial charge in [-0.25, -0.2) is 0 Å². The summed E-state index contributed by atoms with van der Waals surface area (Å²) in [6, 6.07) is 10.2. The van der Waals surface area contributed by atoms with Crippen molar-refractivity contribution in [1.82, 2.24) is 0 Å². The van der Waals surface area contributed by atoms with Crippen molar-refractivity contribution in [3.05, 3.63) is 35.9 Å². The number of hydrogen-bond acceptors (Lipinski definition) is 2. The Balaban J connectivity index is 2.28. The van der Waals surface area contributed by atoms with Gasteiger partial charge in [0, 0.05) is 6.04 Å². The molecular weight excluding hydrogens is 188 g/mol. The molecule has 0 aliphatic heterocycles. The maximum Gasteiger partial charge on any atom is 0.120 e. The second-order valence-electron chi connectivity index (χ2n) is 3.69. The third-order valence-electron chi connectivity index (χ3n) is 1.79. The third-order valence-corrected chi connectivity index (χ3v) is 1.79. The molecular formula is C12H18N2O. The Morgan fingerprint density at radius 2 is 2.00 bits per heavy atom. The fourth-order valence-electron chi connectivity index (χ4n) is 1.22. The van der Waals surface area contributed by atoms with Crippen LogP contribution in [0.25, 0.3) is 0 Å². The lowest BCUT2D eigenvalue weighted by molar-refractivity contribution is 0.157. The molecule has 0 aromatic heterocycles. The van der Waals surface area contributed by atoms with Crippen LogP contribution in [0.1, 0.15) is 19.4 Å². The molecule has 2 N–H and O–H groups in total. The van der Waals surface area contributed by atoms with Crippen LogP contribution in [-0.4, -0.2) is 18.5 Å². The number of rotatable bonds is 5. The summed E-state index contributed by atoms with van der Waals surface area (Å²) in [7, 11) is 0. The number of hydrogen-bond donors (Lipinski definition) is 1. The predicted octanol–water partition coefficient (Wildman–Crippen LogP) is 1.97. The molecule has 0 saturated carbocycles. The SMILES string of the molecule is CC(C)N=C(N)COCc1ccccc1. The molecule has 0 fully saturated rings. The molecule has 1 aromatic rings. The first-order valence-electron chi connectivity index (χ1n) is 5.12. The van der Waals surface area contributed by atoms with Crippen LogP contribution in [0.3, 0.4) is 0 Å². The van der Waals surface area contributed by atoms with Crippen LogP contribution in [0.2, 0.25) is 0 Å². The lowest BCUT2D eigenvalue weighted by atomic mass is 10.2. The standard InChI is InChI=1S/C12H18N2O/c1-10(2)14-12(13)9-15-8-11-6-4-3-5-7-11/h3-7,10H,8-9H2,1-2H3,(H2,13,14). The lowest BCUT2D eigenvalue weighted by Crippen LogP contribution is -2.20. The minimum atomic E-state index is 0.227. The predicted molar refractivity (Wildman–Crippen MR) is 62.9 cm³/mol. The van der Waals surface area contributed by atoms with Crippen molar-refractivity contribution in [2.45, 2.75) is 26.5 Å². The van der Waals surface area contributed by atoms with Crippen LogP contribution in [0.4, 0.5) is 0 Å². The van der Waals surface area contributed by atoms with E-state index in [4.69, 9.17) is 10.5 Å². The summed E-state index contributed by atoms with van der Waals surface area (Å²) in [4.78, 5) is 4.18. The lowest BCUT2D eigenvalue weighted by Gasteiger charge is -2.05. The van der Waals surface area contributed by atoms with Gasteiger partial charge in [0.15, 0.2) is 0 Å². The average Bonchev–Trinajstić information content (AvgIpc) is 2.18. The Bertz CT molecular complexity index is 307. The summed E-state index contributed by atoms with van der Waals surface area (Å²) >= 11 is 0. The average molecular weight is 206 g/mol. The minimum Gasteiger partial charge on any atom is -0.386 e. The van der Waals surface area contributed by atoms with Crippen molar-refractivity contribution in [3.63, 3.8) is 0 Å². The van der Waals surface area contributed by atoms with E-state index in [1.165, 1.54) is 0 Å². The van der Waals surface area contributed by atoms with Gasteiger partial charge in [0.25, 0.3) is 0 Å². The molecule has 0 spiro atoms. The van der Waals surface area contributed by atoms with E-state index in [-0.39, 0.29) is 6.04 Å². The fourth-order valence-corrected chi connectivity index (χ4v) is 1.22. The van der Waals surface area contributed by atoms with Gasteiger partial charge in [-0.05, 0) is 19.4 Å². The quantitative estimate of drug-likeness (QED) is 0.591. The monoisotopic (exact) mass is 206 g/mol. The van der Waals surface area contributed by atoms with Crippen LogP contribution in [0, 0.1) is 0 Å². The van der Waals surface area contributed by atoms with Gasteiger partial charge in [0.2, 0.25) is 0 Å². The normalized spacial score (nSPS) is 12.1. The molecule has 0 atom stereocenters. The van der Waals surface area contributed by atoms with E-state index in [0.717, 1.165) is 5.56 Å². The van der Waals surface area contributed by atoms with Crippen LogP contribution in [0.15, 0.2) is 35.3 Å². The number of ether oxygens (including phenoxy) is 1. The zero-order chi connectivity index (χ0) is 11.1. The topological polar surface area (TPSA) is 47.6 Å².